The Hall–Kier alpha value is -2.99. The fraction of sp³-hybridized carbons (Fsp3) is 0.0417. The SMILES string of the molecule is O=C([O-])CN1C(=O)c2ccc3c4cccc5cccc(c6ccc(c2c36)C1=O)c54.[Na+]. The summed E-state index contributed by atoms with van der Waals surface area (Å²) in [7, 11) is 0. The molecule has 2 amide bonds. The normalized spacial score (nSPS) is 13.5. The second-order valence-corrected chi connectivity index (χ2v) is 7.35. The van der Waals surface area contributed by atoms with Crippen LogP contribution in [0, 0.1) is 0 Å². The van der Waals surface area contributed by atoms with Gasteiger partial charge in [0, 0.05) is 16.5 Å². The molecule has 5 nitrogen and oxygen atoms in total. The van der Waals surface area contributed by atoms with Gasteiger partial charge in [0.25, 0.3) is 11.8 Å². The Bertz CT molecular complexity index is 1460. The standard InChI is InChI=1S/C24H13NO4.Na/c26-19(27)11-25-23(28)17-9-7-15-13-5-1-3-12-4-2-6-14(20(12)13)16-8-10-18(24(25)29)22(17)21(15)16;/h1-10H,11H2,(H,26,27);/q;+1/p-1. The number of carbonyl (C=O) groups is 3. The molecule has 5 aromatic rings. The summed E-state index contributed by atoms with van der Waals surface area (Å²) in [6.07, 6.45) is 0. The topological polar surface area (TPSA) is 77.5 Å². The average Bonchev–Trinajstić information content (AvgIpc) is 2.73. The number of aliphatic carboxylic acids is 1. The number of carboxylic acid groups (broad SMARTS) is 1. The molecule has 0 spiro atoms. The first-order chi connectivity index (χ1) is 14.1. The fourth-order valence-electron chi connectivity index (χ4n) is 4.75. The van der Waals surface area contributed by atoms with Crippen molar-refractivity contribution in [1.82, 2.24) is 4.90 Å². The molecule has 0 aromatic heterocycles. The second-order valence-electron chi connectivity index (χ2n) is 7.35. The van der Waals surface area contributed by atoms with Crippen molar-refractivity contribution in [1.29, 1.82) is 0 Å². The van der Waals surface area contributed by atoms with E-state index in [0.717, 1.165) is 42.6 Å². The van der Waals surface area contributed by atoms with Crippen molar-refractivity contribution < 1.29 is 49.0 Å². The second kappa shape index (κ2) is 6.51. The molecule has 1 heterocycles. The van der Waals surface area contributed by atoms with E-state index in [9.17, 15) is 19.5 Å². The van der Waals surface area contributed by atoms with E-state index in [4.69, 9.17) is 0 Å². The molecule has 0 saturated carbocycles. The molecule has 1 aliphatic heterocycles. The molecule has 5 aromatic carbocycles. The van der Waals surface area contributed by atoms with Crippen LogP contribution in [0.3, 0.4) is 0 Å². The van der Waals surface area contributed by atoms with Crippen molar-refractivity contribution in [2.24, 2.45) is 0 Å². The van der Waals surface area contributed by atoms with Crippen LogP contribution in [-0.2, 0) is 4.79 Å². The maximum Gasteiger partial charge on any atom is 1.00 e. The van der Waals surface area contributed by atoms with Gasteiger partial charge < -0.3 is 9.90 Å². The summed E-state index contributed by atoms with van der Waals surface area (Å²) < 4.78 is 0. The summed E-state index contributed by atoms with van der Waals surface area (Å²) >= 11 is 0. The molecule has 6 rings (SSSR count). The number of hydrogen-bond donors (Lipinski definition) is 0. The summed E-state index contributed by atoms with van der Waals surface area (Å²) in [6.45, 7) is -0.760. The summed E-state index contributed by atoms with van der Waals surface area (Å²) in [5.74, 6) is -2.68. The minimum atomic E-state index is -1.47. The Morgan fingerprint density at radius 1 is 0.700 bits per heavy atom. The third-order valence-corrected chi connectivity index (χ3v) is 5.88. The summed E-state index contributed by atoms with van der Waals surface area (Å²) in [4.78, 5) is 37.7. The number of carbonyl (C=O) groups excluding carboxylic acids is 3. The van der Waals surface area contributed by atoms with Gasteiger partial charge in [0.2, 0.25) is 0 Å². The van der Waals surface area contributed by atoms with E-state index < -0.39 is 24.3 Å². The number of benzene rings is 5. The van der Waals surface area contributed by atoms with Gasteiger partial charge in [-0.1, -0.05) is 48.5 Å². The van der Waals surface area contributed by atoms with Gasteiger partial charge in [0.15, 0.2) is 0 Å². The molecule has 0 bridgehead atoms. The molecule has 0 radical (unpaired) electrons. The van der Waals surface area contributed by atoms with Gasteiger partial charge in [-0.3, -0.25) is 14.5 Å². The quantitative estimate of drug-likeness (QED) is 0.182. The number of fused-ring (bicyclic) bond motifs is 2. The monoisotopic (exact) mass is 401 g/mol. The van der Waals surface area contributed by atoms with Crippen molar-refractivity contribution in [3.63, 3.8) is 0 Å². The molecule has 30 heavy (non-hydrogen) atoms. The van der Waals surface area contributed by atoms with Crippen molar-refractivity contribution in [2.45, 2.75) is 0 Å². The van der Waals surface area contributed by atoms with Crippen molar-refractivity contribution in [3.05, 3.63) is 71.8 Å². The molecule has 0 unspecified atom stereocenters. The van der Waals surface area contributed by atoms with E-state index in [1.54, 1.807) is 12.1 Å². The number of nitrogens with zero attached hydrogens (tertiary/aromatic N) is 1. The number of amides is 2. The van der Waals surface area contributed by atoms with Crippen molar-refractivity contribution >= 4 is 60.9 Å². The third kappa shape index (κ3) is 2.31. The molecule has 0 N–H and O–H groups in total. The van der Waals surface area contributed by atoms with Crippen molar-refractivity contribution in [3.8, 4) is 0 Å². The molecule has 1 aliphatic rings. The number of hydrogen-bond acceptors (Lipinski definition) is 4. The maximum absolute atomic E-state index is 12.9. The molecular weight excluding hydrogens is 389 g/mol. The zero-order chi connectivity index (χ0) is 19.9. The zero-order valence-corrected chi connectivity index (χ0v) is 18.1. The Morgan fingerprint density at radius 3 is 1.70 bits per heavy atom. The fourth-order valence-corrected chi connectivity index (χ4v) is 4.75. The molecule has 0 fully saturated rings. The van der Waals surface area contributed by atoms with E-state index in [1.165, 1.54) is 0 Å². The van der Waals surface area contributed by atoms with Crippen LogP contribution in [0.25, 0.3) is 43.1 Å². The molecule has 0 saturated heterocycles. The van der Waals surface area contributed by atoms with Crippen LogP contribution in [0.15, 0.2) is 60.7 Å². The third-order valence-electron chi connectivity index (χ3n) is 5.88. The summed E-state index contributed by atoms with van der Waals surface area (Å²) in [6, 6.07) is 19.4. The Kier molecular flexibility index (Phi) is 4.12. The van der Waals surface area contributed by atoms with Gasteiger partial charge in [-0.05, 0) is 49.8 Å². The predicted octanol–water partition coefficient (Wildman–Crippen LogP) is 0.0871. The van der Waals surface area contributed by atoms with Gasteiger partial charge in [0.05, 0.1) is 12.5 Å². The van der Waals surface area contributed by atoms with E-state index in [0.29, 0.717) is 16.5 Å². The number of rotatable bonds is 2. The van der Waals surface area contributed by atoms with E-state index in [1.807, 2.05) is 36.4 Å². The van der Waals surface area contributed by atoms with Crippen LogP contribution in [-0.4, -0.2) is 29.2 Å². The molecule has 0 aliphatic carbocycles. The van der Waals surface area contributed by atoms with Crippen LogP contribution in [0.5, 0.6) is 0 Å². The van der Waals surface area contributed by atoms with Crippen molar-refractivity contribution in [2.75, 3.05) is 6.54 Å². The largest absolute Gasteiger partial charge is 1.00 e. The first kappa shape index (κ1) is 19.0. The van der Waals surface area contributed by atoms with Crippen LogP contribution in [0.4, 0.5) is 0 Å². The number of imide groups is 1. The molecule has 138 valence electrons. The predicted molar refractivity (Wildman–Crippen MR) is 108 cm³/mol. The number of carboxylic acids is 1. The van der Waals surface area contributed by atoms with Gasteiger partial charge in [-0.25, -0.2) is 0 Å². The van der Waals surface area contributed by atoms with E-state index in [2.05, 4.69) is 12.1 Å². The minimum Gasteiger partial charge on any atom is -0.548 e. The Morgan fingerprint density at radius 2 is 1.20 bits per heavy atom. The van der Waals surface area contributed by atoms with Crippen LogP contribution < -0.4 is 34.7 Å². The Labute approximate surface area is 192 Å². The van der Waals surface area contributed by atoms with Crippen LogP contribution in [0.2, 0.25) is 0 Å². The van der Waals surface area contributed by atoms with Crippen LogP contribution >= 0.6 is 0 Å². The first-order valence-electron chi connectivity index (χ1n) is 9.24. The maximum atomic E-state index is 12.9. The average molecular weight is 401 g/mol. The smallest absolute Gasteiger partial charge is 0.548 e. The molecule has 6 heteroatoms. The summed E-state index contributed by atoms with van der Waals surface area (Å²) in [5, 5.41) is 18.9. The van der Waals surface area contributed by atoms with Crippen LogP contribution in [0.1, 0.15) is 20.7 Å². The summed E-state index contributed by atoms with van der Waals surface area (Å²) in [5.41, 5.74) is 0.681. The van der Waals surface area contributed by atoms with Gasteiger partial charge in [0.1, 0.15) is 0 Å². The molecule has 0 atom stereocenters. The van der Waals surface area contributed by atoms with E-state index >= 15 is 0 Å². The Balaban J connectivity index is 0.00000193. The van der Waals surface area contributed by atoms with Gasteiger partial charge in [-0.15, -0.1) is 0 Å². The van der Waals surface area contributed by atoms with Gasteiger partial charge >= 0.3 is 29.6 Å². The molecular formula is C24H12NNaO4. The zero-order valence-electron chi connectivity index (χ0n) is 16.1. The minimum absolute atomic E-state index is 0. The van der Waals surface area contributed by atoms with Gasteiger partial charge in [-0.2, -0.15) is 0 Å². The first-order valence-corrected chi connectivity index (χ1v) is 9.24. The van der Waals surface area contributed by atoms with E-state index in [-0.39, 0.29) is 29.6 Å².